The number of halogens is 3. The van der Waals surface area contributed by atoms with Crippen molar-refractivity contribution < 1.29 is 26.4 Å². The van der Waals surface area contributed by atoms with Crippen LogP contribution in [0.5, 0.6) is 0 Å². The summed E-state index contributed by atoms with van der Waals surface area (Å²) in [4.78, 5) is 25.1. The molecule has 1 aliphatic heterocycles. The molecule has 192 valence electrons. The number of rotatable bonds is 5. The van der Waals surface area contributed by atoms with Gasteiger partial charge in [0.2, 0.25) is 0 Å². The van der Waals surface area contributed by atoms with Crippen LogP contribution in [0.1, 0.15) is 15.9 Å². The number of alkyl halides is 3. The monoisotopic (exact) mass is 547 g/mol. The third kappa shape index (κ3) is 5.23. The van der Waals surface area contributed by atoms with Crippen LogP contribution in [-0.4, -0.2) is 55.4 Å². The highest BCUT2D eigenvalue weighted by Gasteiger charge is 2.31. The SMILES string of the molecule is O=C(c1ccccc1NS(=O)(=O)c1ccccn1)N1CCN(c2nc3cc(C(F)(F)F)ccc3s2)CC1. The Morgan fingerprint density at radius 3 is 2.41 bits per heavy atom. The van der Waals surface area contributed by atoms with Gasteiger partial charge in [-0.15, -0.1) is 0 Å². The first-order valence-electron chi connectivity index (χ1n) is 11.2. The van der Waals surface area contributed by atoms with Gasteiger partial charge >= 0.3 is 6.18 Å². The van der Waals surface area contributed by atoms with E-state index in [1.807, 2.05) is 4.90 Å². The van der Waals surface area contributed by atoms with Gasteiger partial charge in [0.1, 0.15) is 0 Å². The number of benzene rings is 2. The minimum Gasteiger partial charge on any atom is -0.345 e. The van der Waals surface area contributed by atoms with Crippen LogP contribution in [0.3, 0.4) is 0 Å². The zero-order valence-corrected chi connectivity index (χ0v) is 20.8. The number of carbonyl (C=O) groups is 1. The van der Waals surface area contributed by atoms with Crippen molar-refractivity contribution in [2.45, 2.75) is 11.2 Å². The standard InChI is InChI=1S/C24H20F3N5O3S2/c25-24(26,27)16-8-9-20-19(15-16)29-23(36-20)32-13-11-31(12-14-32)22(33)17-5-1-2-6-18(17)30-37(34,35)21-7-3-4-10-28-21/h1-10,15,30H,11-14H2. The molecule has 4 aromatic rings. The van der Waals surface area contributed by atoms with Crippen molar-refractivity contribution in [1.29, 1.82) is 0 Å². The summed E-state index contributed by atoms with van der Waals surface area (Å²) in [6.45, 7) is 1.53. The topological polar surface area (TPSA) is 95.5 Å². The van der Waals surface area contributed by atoms with Crippen molar-refractivity contribution in [3.63, 3.8) is 0 Å². The van der Waals surface area contributed by atoms with Gasteiger partial charge in [0.05, 0.1) is 27.0 Å². The van der Waals surface area contributed by atoms with Gasteiger partial charge in [-0.1, -0.05) is 29.5 Å². The molecule has 1 aliphatic rings. The Bertz CT molecular complexity index is 1550. The van der Waals surface area contributed by atoms with Crippen LogP contribution in [0, 0.1) is 0 Å². The predicted molar refractivity (Wildman–Crippen MR) is 134 cm³/mol. The van der Waals surface area contributed by atoms with Gasteiger partial charge in [-0.3, -0.25) is 9.52 Å². The number of sulfonamides is 1. The fourth-order valence-corrected chi connectivity index (χ4v) is 5.99. The first-order valence-corrected chi connectivity index (χ1v) is 13.5. The molecule has 13 heteroatoms. The molecule has 0 saturated carbocycles. The van der Waals surface area contributed by atoms with Crippen LogP contribution in [-0.2, 0) is 16.2 Å². The average Bonchev–Trinajstić information content (AvgIpc) is 3.32. The Kier molecular flexibility index (Phi) is 6.50. The van der Waals surface area contributed by atoms with Crippen LogP contribution in [0.4, 0.5) is 24.0 Å². The van der Waals surface area contributed by atoms with E-state index in [1.165, 1.54) is 35.7 Å². The third-order valence-corrected chi connectivity index (χ3v) is 8.23. The fourth-order valence-electron chi connectivity index (χ4n) is 3.96. The van der Waals surface area contributed by atoms with Crippen LogP contribution in [0.25, 0.3) is 10.2 Å². The van der Waals surface area contributed by atoms with Crippen LogP contribution in [0.15, 0.2) is 71.9 Å². The minimum atomic E-state index is -4.44. The molecule has 3 heterocycles. The Labute approximate surface area is 214 Å². The number of anilines is 2. The molecule has 0 unspecified atom stereocenters. The molecule has 0 atom stereocenters. The number of para-hydroxylation sites is 1. The number of piperazine rings is 1. The predicted octanol–water partition coefficient (Wildman–Crippen LogP) is 4.47. The van der Waals surface area contributed by atoms with E-state index in [1.54, 1.807) is 35.2 Å². The van der Waals surface area contributed by atoms with E-state index in [4.69, 9.17) is 0 Å². The molecule has 0 spiro atoms. The normalized spacial score (nSPS) is 14.7. The van der Waals surface area contributed by atoms with Crippen molar-refractivity contribution >= 4 is 48.3 Å². The molecule has 1 N–H and O–H groups in total. The summed E-state index contributed by atoms with van der Waals surface area (Å²) in [7, 11) is -3.99. The lowest BCUT2D eigenvalue weighted by Gasteiger charge is -2.34. The lowest BCUT2D eigenvalue weighted by molar-refractivity contribution is -0.137. The Hall–Kier alpha value is -3.71. The van der Waals surface area contributed by atoms with Gasteiger partial charge in [-0.05, 0) is 42.5 Å². The number of thiazole rings is 1. The number of nitrogens with one attached hydrogen (secondary N) is 1. The van der Waals surface area contributed by atoms with E-state index in [2.05, 4.69) is 14.7 Å². The maximum Gasteiger partial charge on any atom is 0.416 e. The van der Waals surface area contributed by atoms with Crippen molar-refractivity contribution in [3.05, 3.63) is 78.0 Å². The molecular weight excluding hydrogens is 527 g/mol. The Morgan fingerprint density at radius 2 is 1.70 bits per heavy atom. The van der Waals surface area contributed by atoms with E-state index >= 15 is 0 Å². The molecule has 5 rings (SSSR count). The first kappa shape index (κ1) is 25.0. The zero-order valence-electron chi connectivity index (χ0n) is 19.1. The summed E-state index contributed by atoms with van der Waals surface area (Å²) in [6.07, 6.45) is -3.07. The molecule has 0 aliphatic carbocycles. The second kappa shape index (κ2) is 9.63. The third-order valence-electron chi connectivity index (χ3n) is 5.86. The maximum absolute atomic E-state index is 13.3. The molecule has 1 fully saturated rings. The summed E-state index contributed by atoms with van der Waals surface area (Å²) in [5.41, 5.74) is -0.116. The largest absolute Gasteiger partial charge is 0.416 e. The van der Waals surface area contributed by atoms with Crippen LogP contribution in [0.2, 0.25) is 0 Å². The lowest BCUT2D eigenvalue weighted by Crippen LogP contribution is -2.48. The quantitative estimate of drug-likeness (QED) is 0.396. The number of nitrogens with zero attached hydrogens (tertiary/aromatic N) is 4. The molecule has 37 heavy (non-hydrogen) atoms. The molecule has 1 saturated heterocycles. The van der Waals surface area contributed by atoms with E-state index < -0.39 is 21.8 Å². The first-order chi connectivity index (χ1) is 17.6. The number of amides is 1. The van der Waals surface area contributed by atoms with Gasteiger partial charge in [0, 0.05) is 32.4 Å². The number of hydrogen-bond acceptors (Lipinski definition) is 7. The van der Waals surface area contributed by atoms with Gasteiger partial charge in [-0.25, -0.2) is 9.97 Å². The second-order valence-corrected chi connectivity index (χ2v) is 10.9. The Morgan fingerprint density at radius 1 is 0.973 bits per heavy atom. The number of carbonyl (C=O) groups excluding carboxylic acids is 1. The van der Waals surface area contributed by atoms with E-state index in [-0.39, 0.29) is 27.7 Å². The smallest absolute Gasteiger partial charge is 0.345 e. The summed E-state index contributed by atoms with van der Waals surface area (Å²) >= 11 is 1.30. The highest BCUT2D eigenvalue weighted by molar-refractivity contribution is 7.92. The van der Waals surface area contributed by atoms with Crippen LogP contribution < -0.4 is 9.62 Å². The molecule has 0 bridgehead atoms. The molecule has 0 radical (unpaired) electrons. The van der Waals surface area contributed by atoms with Gasteiger partial charge in [0.15, 0.2) is 10.2 Å². The lowest BCUT2D eigenvalue weighted by atomic mass is 10.1. The van der Waals surface area contributed by atoms with Crippen molar-refractivity contribution in [2.24, 2.45) is 0 Å². The van der Waals surface area contributed by atoms with Crippen molar-refractivity contribution in [2.75, 3.05) is 35.8 Å². The van der Waals surface area contributed by atoms with Gasteiger partial charge < -0.3 is 9.80 Å². The highest BCUT2D eigenvalue weighted by atomic mass is 32.2. The summed E-state index contributed by atoms with van der Waals surface area (Å²) < 4.78 is 67.6. The van der Waals surface area contributed by atoms with E-state index in [0.29, 0.717) is 36.0 Å². The summed E-state index contributed by atoms with van der Waals surface area (Å²) in [5, 5.41) is 0.425. The molecule has 8 nitrogen and oxygen atoms in total. The number of fused-ring (bicyclic) bond motifs is 1. The number of pyridine rings is 1. The summed E-state index contributed by atoms with van der Waals surface area (Å²) in [5.74, 6) is -0.335. The van der Waals surface area contributed by atoms with E-state index in [9.17, 15) is 26.4 Å². The zero-order chi connectivity index (χ0) is 26.2. The average molecular weight is 548 g/mol. The highest BCUT2D eigenvalue weighted by Crippen LogP contribution is 2.35. The van der Waals surface area contributed by atoms with Crippen molar-refractivity contribution in [3.8, 4) is 0 Å². The van der Waals surface area contributed by atoms with Gasteiger partial charge in [0.25, 0.3) is 15.9 Å². The fraction of sp³-hybridized carbons (Fsp3) is 0.208. The van der Waals surface area contributed by atoms with Gasteiger partial charge in [-0.2, -0.15) is 21.6 Å². The number of hydrogen-bond donors (Lipinski definition) is 1. The molecule has 1 amide bonds. The van der Waals surface area contributed by atoms with E-state index in [0.717, 1.165) is 12.1 Å². The van der Waals surface area contributed by atoms with Crippen LogP contribution >= 0.6 is 11.3 Å². The number of aromatic nitrogens is 2. The Balaban J connectivity index is 1.29. The maximum atomic E-state index is 13.3. The molecule has 2 aromatic heterocycles. The minimum absolute atomic E-state index is 0.146. The second-order valence-electron chi connectivity index (χ2n) is 8.28. The molecule has 2 aromatic carbocycles. The van der Waals surface area contributed by atoms with Crippen molar-refractivity contribution in [1.82, 2.24) is 14.9 Å². The molecular formula is C24H20F3N5O3S2. The summed E-state index contributed by atoms with van der Waals surface area (Å²) in [6, 6.07) is 14.4.